The Kier molecular flexibility index (Phi) is 2.01. The second-order valence-corrected chi connectivity index (χ2v) is 2.47. The number of rotatable bonds is 2. The molecule has 0 radical (unpaired) electrons. The van der Waals surface area contributed by atoms with Crippen molar-refractivity contribution in [1.82, 2.24) is 4.90 Å². The fraction of sp³-hybridized carbons (Fsp3) is 0.667. The van der Waals surface area contributed by atoms with E-state index in [1.807, 2.05) is 0 Å². The summed E-state index contributed by atoms with van der Waals surface area (Å²) in [5.41, 5.74) is 4.93. The van der Waals surface area contributed by atoms with Crippen LogP contribution >= 0.6 is 0 Å². The maximum Gasteiger partial charge on any atom is 0.231 e. The zero-order valence-electron chi connectivity index (χ0n) is 5.67. The Labute approximate surface area is 59.0 Å². The number of amides is 1. The molecule has 1 amide bonds. The first-order valence-electron chi connectivity index (χ1n) is 3.21. The molecule has 0 aliphatic carbocycles. The summed E-state index contributed by atoms with van der Waals surface area (Å²) >= 11 is 0. The molecular formula is C6H10N2O2. The molecule has 56 valence electrons. The van der Waals surface area contributed by atoms with Gasteiger partial charge in [0.1, 0.15) is 5.78 Å². The van der Waals surface area contributed by atoms with Gasteiger partial charge in [-0.2, -0.15) is 0 Å². The van der Waals surface area contributed by atoms with Crippen LogP contribution in [0.2, 0.25) is 0 Å². The molecule has 1 rings (SSSR count). The lowest BCUT2D eigenvalue weighted by molar-refractivity contribution is -0.119. The lowest BCUT2D eigenvalue weighted by atomic mass is 10.4. The third kappa shape index (κ3) is 1.80. The first-order chi connectivity index (χ1) is 4.68. The number of carbonyl (C=O) groups excluding carboxylic acids is 2. The SMILES string of the molecule is NC(=O)CN1CCC(=O)C1. The summed E-state index contributed by atoms with van der Waals surface area (Å²) in [6.07, 6.45) is 0.563. The molecule has 4 nitrogen and oxygen atoms in total. The maximum atomic E-state index is 10.6. The largest absolute Gasteiger partial charge is 0.369 e. The third-order valence-electron chi connectivity index (χ3n) is 1.49. The molecule has 1 aliphatic heterocycles. The van der Waals surface area contributed by atoms with Gasteiger partial charge in [0.05, 0.1) is 13.1 Å². The normalized spacial score (nSPS) is 19.8. The molecule has 10 heavy (non-hydrogen) atoms. The highest BCUT2D eigenvalue weighted by molar-refractivity contribution is 5.84. The Hall–Kier alpha value is -0.900. The number of primary amides is 1. The Balaban J connectivity index is 2.31. The van der Waals surface area contributed by atoms with Gasteiger partial charge in [-0.05, 0) is 0 Å². The summed E-state index contributed by atoms with van der Waals surface area (Å²) in [5.74, 6) is -0.170. The number of nitrogens with two attached hydrogens (primary N) is 1. The van der Waals surface area contributed by atoms with Crippen molar-refractivity contribution in [3.05, 3.63) is 0 Å². The average Bonchev–Trinajstić information content (AvgIpc) is 2.13. The molecule has 1 fully saturated rings. The minimum Gasteiger partial charge on any atom is -0.369 e. The maximum absolute atomic E-state index is 10.6. The molecule has 2 N–H and O–H groups in total. The standard InChI is InChI=1S/C6H10N2O2/c7-6(10)4-8-2-1-5(9)3-8/h1-4H2,(H2,7,10). The Morgan fingerprint density at radius 2 is 2.40 bits per heavy atom. The molecule has 1 aliphatic rings. The van der Waals surface area contributed by atoms with Crippen LogP contribution in [0.5, 0.6) is 0 Å². The van der Waals surface area contributed by atoms with E-state index in [-0.39, 0.29) is 18.2 Å². The number of carbonyl (C=O) groups is 2. The summed E-state index contributed by atoms with van der Waals surface area (Å²) in [7, 11) is 0. The van der Waals surface area contributed by atoms with Crippen LogP contribution in [0, 0.1) is 0 Å². The Morgan fingerprint density at radius 1 is 1.70 bits per heavy atom. The fourth-order valence-corrected chi connectivity index (χ4v) is 1.05. The summed E-state index contributed by atoms with van der Waals surface area (Å²) in [6.45, 7) is 1.29. The van der Waals surface area contributed by atoms with E-state index >= 15 is 0 Å². The van der Waals surface area contributed by atoms with Crippen LogP contribution < -0.4 is 5.73 Å². The molecule has 0 saturated carbocycles. The number of nitrogens with zero attached hydrogens (tertiary/aromatic N) is 1. The number of hydrogen-bond donors (Lipinski definition) is 1. The monoisotopic (exact) mass is 142 g/mol. The predicted octanol–water partition coefficient (Wildman–Crippen LogP) is -1.25. The lowest BCUT2D eigenvalue weighted by Gasteiger charge is -2.08. The average molecular weight is 142 g/mol. The molecule has 0 aromatic heterocycles. The van der Waals surface area contributed by atoms with Gasteiger partial charge in [0.15, 0.2) is 0 Å². The number of ketones is 1. The van der Waals surface area contributed by atoms with Crippen LogP contribution in [0.3, 0.4) is 0 Å². The first-order valence-corrected chi connectivity index (χ1v) is 3.21. The topological polar surface area (TPSA) is 63.4 Å². The van der Waals surface area contributed by atoms with Gasteiger partial charge >= 0.3 is 0 Å². The molecule has 4 heteroatoms. The van der Waals surface area contributed by atoms with E-state index < -0.39 is 0 Å². The van der Waals surface area contributed by atoms with Crippen molar-refractivity contribution in [2.45, 2.75) is 6.42 Å². The zero-order chi connectivity index (χ0) is 7.56. The number of likely N-dealkylation sites (tertiary alicyclic amines) is 1. The quantitative estimate of drug-likeness (QED) is 0.523. The van der Waals surface area contributed by atoms with E-state index in [9.17, 15) is 9.59 Å². The van der Waals surface area contributed by atoms with Gasteiger partial charge < -0.3 is 5.73 Å². The van der Waals surface area contributed by atoms with Gasteiger partial charge in [0.25, 0.3) is 0 Å². The highest BCUT2D eigenvalue weighted by Gasteiger charge is 2.19. The molecule has 0 spiro atoms. The second-order valence-electron chi connectivity index (χ2n) is 2.47. The van der Waals surface area contributed by atoms with Crippen molar-refractivity contribution in [3.8, 4) is 0 Å². The molecule has 0 aromatic rings. The molecule has 1 heterocycles. The van der Waals surface area contributed by atoms with Crippen molar-refractivity contribution in [1.29, 1.82) is 0 Å². The number of hydrogen-bond acceptors (Lipinski definition) is 3. The van der Waals surface area contributed by atoms with Crippen LogP contribution in [-0.4, -0.2) is 36.2 Å². The van der Waals surface area contributed by atoms with Crippen molar-refractivity contribution < 1.29 is 9.59 Å². The van der Waals surface area contributed by atoms with Crippen molar-refractivity contribution in [2.75, 3.05) is 19.6 Å². The lowest BCUT2D eigenvalue weighted by Crippen LogP contribution is -2.32. The Morgan fingerprint density at radius 3 is 2.80 bits per heavy atom. The van der Waals surface area contributed by atoms with E-state index in [0.717, 1.165) is 0 Å². The Bertz CT molecular complexity index is 167. The van der Waals surface area contributed by atoms with Crippen LogP contribution in [0.4, 0.5) is 0 Å². The van der Waals surface area contributed by atoms with Crippen molar-refractivity contribution in [2.24, 2.45) is 5.73 Å². The van der Waals surface area contributed by atoms with E-state index in [2.05, 4.69) is 0 Å². The molecule has 0 unspecified atom stereocenters. The zero-order valence-corrected chi connectivity index (χ0v) is 5.67. The minimum atomic E-state index is -0.366. The van der Waals surface area contributed by atoms with Gasteiger partial charge in [-0.15, -0.1) is 0 Å². The molecule has 0 aromatic carbocycles. The third-order valence-corrected chi connectivity index (χ3v) is 1.49. The van der Waals surface area contributed by atoms with Crippen LogP contribution in [0.25, 0.3) is 0 Å². The molecule has 0 bridgehead atoms. The van der Waals surface area contributed by atoms with Crippen molar-refractivity contribution >= 4 is 11.7 Å². The minimum absolute atomic E-state index is 0.196. The summed E-state index contributed by atoms with van der Waals surface area (Å²) in [6, 6.07) is 0. The summed E-state index contributed by atoms with van der Waals surface area (Å²) in [5, 5.41) is 0. The van der Waals surface area contributed by atoms with E-state index in [0.29, 0.717) is 19.5 Å². The second kappa shape index (κ2) is 2.79. The smallest absolute Gasteiger partial charge is 0.231 e. The van der Waals surface area contributed by atoms with E-state index in [4.69, 9.17) is 5.73 Å². The molecule has 0 atom stereocenters. The summed E-state index contributed by atoms with van der Waals surface area (Å²) in [4.78, 5) is 22.7. The van der Waals surface area contributed by atoms with Crippen LogP contribution in [0.1, 0.15) is 6.42 Å². The van der Waals surface area contributed by atoms with Crippen LogP contribution in [-0.2, 0) is 9.59 Å². The van der Waals surface area contributed by atoms with E-state index in [1.54, 1.807) is 4.90 Å². The van der Waals surface area contributed by atoms with Crippen LogP contribution in [0.15, 0.2) is 0 Å². The highest BCUT2D eigenvalue weighted by Crippen LogP contribution is 2.01. The molecular weight excluding hydrogens is 132 g/mol. The van der Waals surface area contributed by atoms with Gasteiger partial charge in [0, 0.05) is 13.0 Å². The van der Waals surface area contributed by atoms with E-state index in [1.165, 1.54) is 0 Å². The first kappa shape index (κ1) is 7.21. The van der Waals surface area contributed by atoms with Gasteiger partial charge in [0.2, 0.25) is 5.91 Å². The highest BCUT2D eigenvalue weighted by atomic mass is 16.1. The summed E-state index contributed by atoms with van der Waals surface area (Å²) < 4.78 is 0. The number of Topliss-reactive ketones (excluding diaryl/α,β-unsaturated/α-hetero) is 1. The van der Waals surface area contributed by atoms with Crippen molar-refractivity contribution in [3.63, 3.8) is 0 Å². The predicted molar refractivity (Wildman–Crippen MR) is 35.3 cm³/mol. The van der Waals surface area contributed by atoms with Gasteiger partial charge in [-0.1, -0.05) is 0 Å². The molecule has 1 saturated heterocycles. The van der Waals surface area contributed by atoms with Gasteiger partial charge in [-0.3, -0.25) is 14.5 Å². The van der Waals surface area contributed by atoms with Gasteiger partial charge in [-0.25, -0.2) is 0 Å². The fourth-order valence-electron chi connectivity index (χ4n) is 1.05.